The van der Waals surface area contributed by atoms with Crippen LogP contribution >= 0.6 is 0 Å². The molecule has 2 rings (SSSR count). The van der Waals surface area contributed by atoms with Gasteiger partial charge in [-0.05, 0) is 49.3 Å². The third kappa shape index (κ3) is 4.06. The number of aryl methyl sites for hydroxylation is 1. The first-order chi connectivity index (χ1) is 9.19. The minimum absolute atomic E-state index is 0.0294. The first kappa shape index (κ1) is 14.1. The van der Waals surface area contributed by atoms with Gasteiger partial charge in [0.2, 0.25) is 0 Å². The summed E-state index contributed by atoms with van der Waals surface area (Å²) in [5.41, 5.74) is 7.97. The molecule has 1 saturated carbocycles. The average Bonchev–Trinajstić information content (AvgIpc) is 2.45. The summed E-state index contributed by atoms with van der Waals surface area (Å²) in [6.07, 6.45) is 5.54. The zero-order chi connectivity index (χ0) is 13.7. The summed E-state index contributed by atoms with van der Waals surface area (Å²) in [6.45, 7) is 2.86. The van der Waals surface area contributed by atoms with Crippen LogP contribution < -0.4 is 11.1 Å². The van der Waals surface area contributed by atoms with Crippen molar-refractivity contribution in [3.8, 4) is 0 Å². The van der Waals surface area contributed by atoms with Gasteiger partial charge >= 0.3 is 0 Å². The molecule has 3 nitrogen and oxygen atoms in total. The standard InChI is InChI=1S/C16H24N2O/c1-2-12-6-8-14(9-7-12)16(19)18-11-13-4-3-5-15(17)10-13/h6-9,13,15H,2-5,10-11,17H2,1H3,(H,18,19). The van der Waals surface area contributed by atoms with Crippen molar-refractivity contribution in [2.45, 2.75) is 45.1 Å². The van der Waals surface area contributed by atoms with Crippen LogP contribution in [0.3, 0.4) is 0 Å². The summed E-state index contributed by atoms with van der Waals surface area (Å²) in [5, 5.41) is 3.03. The lowest BCUT2D eigenvalue weighted by atomic mass is 9.86. The number of benzene rings is 1. The molecule has 0 aliphatic heterocycles. The molecule has 1 aromatic rings. The second-order valence-electron chi connectivity index (χ2n) is 5.55. The lowest BCUT2D eigenvalue weighted by Gasteiger charge is -2.26. The van der Waals surface area contributed by atoms with Gasteiger partial charge < -0.3 is 11.1 Å². The van der Waals surface area contributed by atoms with Crippen LogP contribution in [0, 0.1) is 5.92 Å². The highest BCUT2D eigenvalue weighted by Crippen LogP contribution is 2.22. The highest BCUT2D eigenvalue weighted by Gasteiger charge is 2.19. The summed E-state index contributed by atoms with van der Waals surface area (Å²) < 4.78 is 0. The van der Waals surface area contributed by atoms with Crippen molar-refractivity contribution >= 4 is 5.91 Å². The van der Waals surface area contributed by atoms with E-state index in [2.05, 4.69) is 12.2 Å². The Morgan fingerprint density at radius 3 is 2.68 bits per heavy atom. The van der Waals surface area contributed by atoms with Crippen LogP contribution in [-0.2, 0) is 6.42 Å². The molecule has 1 amide bonds. The number of amides is 1. The molecule has 1 aliphatic rings. The number of carbonyl (C=O) groups is 1. The zero-order valence-corrected chi connectivity index (χ0v) is 11.7. The van der Waals surface area contributed by atoms with E-state index in [4.69, 9.17) is 5.73 Å². The summed E-state index contributed by atoms with van der Waals surface area (Å²) in [5.74, 6) is 0.574. The summed E-state index contributed by atoms with van der Waals surface area (Å²) >= 11 is 0. The number of hydrogen-bond donors (Lipinski definition) is 2. The molecule has 0 heterocycles. The van der Waals surface area contributed by atoms with Gasteiger partial charge in [-0.3, -0.25) is 4.79 Å². The maximum absolute atomic E-state index is 12.0. The molecule has 3 N–H and O–H groups in total. The van der Waals surface area contributed by atoms with Gasteiger partial charge in [0.1, 0.15) is 0 Å². The Balaban J connectivity index is 1.83. The molecular formula is C16H24N2O. The summed E-state index contributed by atoms with van der Waals surface area (Å²) in [6, 6.07) is 8.16. The fraction of sp³-hybridized carbons (Fsp3) is 0.562. The Labute approximate surface area is 115 Å². The van der Waals surface area contributed by atoms with Gasteiger partial charge in [0, 0.05) is 18.2 Å². The molecule has 0 spiro atoms. The fourth-order valence-electron chi connectivity index (χ4n) is 2.75. The van der Waals surface area contributed by atoms with E-state index in [1.165, 1.54) is 18.4 Å². The topological polar surface area (TPSA) is 55.1 Å². The lowest BCUT2D eigenvalue weighted by molar-refractivity contribution is 0.0942. The summed E-state index contributed by atoms with van der Waals surface area (Å²) in [4.78, 5) is 12.0. The van der Waals surface area contributed by atoms with Crippen LogP contribution in [-0.4, -0.2) is 18.5 Å². The van der Waals surface area contributed by atoms with Gasteiger partial charge in [-0.15, -0.1) is 0 Å². The zero-order valence-electron chi connectivity index (χ0n) is 11.7. The Bertz CT molecular complexity index is 413. The minimum Gasteiger partial charge on any atom is -0.352 e. The highest BCUT2D eigenvalue weighted by atomic mass is 16.1. The maximum Gasteiger partial charge on any atom is 0.251 e. The fourth-order valence-corrected chi connectivity index (χ4v) is 2.75. The first-order valence-electron chi connectivity index (χ1n) is 7.31. The van der Waals surface area contributed by atoms with Crippen molar-refractivity contribution in [3.05, 3.63) is 35.4 Å². The van der Waals surface area contributed by atoms with Crippen molar-refractivity contribution in [1.29, 1.82) is 0 Å². The van der Waals surface area contributed by atoms with E-state index < -0.39 is 0 Å². The predicted molar refractivity (Wildman–Crippen MR) is 78.1 cm³/mol. The minimum atomic E-state index is 0.0294. The molecule has 2 unspecified atom stereocenters. The molecular weight excluding hydrogens is 236 g/mol. The van der Waals surface area contributed by atoms with Crippen LogP contribution in [0.1, 0.15) is 48.5 Å². The molecule has 0 aromatic heterocycles. The second-order valence-corrected chi connectivity index (χ2v) is 5.55. The molecule has 1 aliphatic carbocycles. The van der Waals surface area contributed by atoms with Crippen LogP contribution in [0.2, 0.25) is 0 Å². The largest absolute Gasteiger partial charge is 0.352 e. The van der Waals surface area contributed by atoms with Crippen LogP contribution in [0.25, 0.3) is 0 Å². The number of nitrogens with one attached hydrogen (secondary N) is 1. The smallest absolute Gasteiger partial charge is 0.251 e. The normalized spacial score (nSPS) is 23.1. The molecule has 19 heavy (non-hydrogen) atoms. The Kier molecular flexibility index (Phi) is 4.97. The third-order valence-corrected chi connectivity index (χ3v) is 4.00. The number of rotatable bonds is 4. The average molecular weight is 260 g/mol. The highest BCUT2D eigenvalue weighted by molar-refractivity contribution is 5.94. The van der Waals surface area contributed by atoms with E-state index in [-0.39, 0.29) is 5.91 Å². The molecule has 1 fully saturated rings. The maximum atomic E-state index is 12.0. The molecule has 0 radical (unpaired) electrons. The van der Waals surface area contributed by atoms with Gasteiger partial charge in [0.15, 0.2) is 0 Å². The molecule has 0 bridgehead atoms. The van der Waals surface area contributed by atoms with Crippen molar-refractivity contribution in [1.82, 2.24) is 5.32 Å². The van der Waals surface area contributed by atoms with E-state index in [0.717, 1.165) is 31.4 Å². The van der Waals surface area contributed by atoms with Crippen LogP contribution in [0.5, 0.6) is 0 Å². The van der Waals surface area contributed by atoms with Crippen molar-refractivity contribution in [3.63, 3.8) is 0 Å². The number of carbonyl (C=O) groups excluding carboxylic acids is 1. The van der Waals surface area contributed by atoms with E-state index in [9.17, 15) is 4.79 Å². The quantitative estimate of drug-likeness (QED) is 0.874. The van der Waals surface area contributed by atoms with Gasteiger partial charge in [0.25, 0.3) is 5.91 Å². The predicted octanol–water partition coefficient (Wildman–Crippen LogP) is 2.50. The molecule has 0 saturated heterocycles. The van der Waals surface area contributed by atoms with Gasteiger partial charge in [-0.25, -0.2) is 0 Å². The monoisotopic (exact) mass is 260 g/mol. The first-order valence-corrected chi connectivity index (χ1v) is 7.31. The molecule has 2 atom stereocenters. The van der Waals surface area contributed by atoms with E-state index in [0.29, 0.717) is 12.0 Å². The Morgan fingerprint density at radius 1 is 1.32 bits per heavy atom. The number of nitrogens with two attached hydrogens (primary N) is 1. The van der Waals surface area contributed by atoms with E-state index in [1.54, 1.807) is 0 Å². The van der Waals surface area contributed by atoms with Crippen molar-refractivity contribution < 1.29 is 4.79 Å². The SMILES string of the molecule is CCc1ccc(C(=O)NCC2CCCC(N)C2)cc1. The van der Waals surface area contributed by atoms with Crippen LogP contribution in [0.4, 0.5) is 0 Å². The Hall–Kier alpha value is -1.35. The lowest BCUT2D eigenvalue weighted by Crippen LogP contribution is -2.35. The van der Waals surface area contributed by atoms with E-state index in [1.807, 2.05) is 24.3 Å². The molecule has 3 heteroatoms. The van der Waals surface area contributed by atoms with Gasteiger partial charge in [-0.1, -0.05) is 25.5 Å². The van der Waals surface area contributed by atoms with Crippen molar-refractivity contribution in [2.75, 3.05) is 6.54 Å². The van der Waals surface area contributed by atoms with Gasteiger partial charge in [0.05, 0.1) is 0 Å². The van der Waals surface area contributed by atoms with Gasteiger partial charge in [-0.2, -0.15) is 0 Å². The molecule has 104 valence electrons. The van der Waals surface area contributed by atoms with E-state index >= 15 is 0 Å². The summed E-state index contributed by atoms with van der Waals surface area (Å²) in [7, 11) is 0. The Morgan fingerprint density at radius 2 is 2.05 bits per heavy atom. The second kappa shape index (κ2) is 6.71. The molecule has 1 aromatic carbocycles. The third-order valence-electron chi connectivity index (χ3n) is 4.00. The van der Waals surface area contributed by atoms with Crippen molar-refractivity contribution in [2.24, 2.45) is 11.7 Å². The number of hydrogen-bond acceptors (Lipinski definition) is 2. The van der Waals surface area contributed by atoms with Crippen LogP contribution in [0.15, 0.2) is 24.3 Å².